The first-order valence-electron chi connectivity index (χ1n) is 4.70. The molecule has 1 aromatic carbocycles. The van der Waals surface area contributed by atoms with Crippen LogP contribution in [0.5, 0.6) is 0 Å². The van der Waals surface area contributed by atoms with E-state index >= 15 is 0 Å². The number of carbonyl (C=O) groups excluding carboxylic acids is 1. The lowest BCUT2D eigenvalue weighted by molar-refractivity contribution is 0.0951. The molecular weight excluding hydrogens is 251 g/mol. The van der Waals surface area contributed by atoms with Gasteiger partial charge in [-0.25, -0.2) is 0 Å². The van der Waals surface area contributed by atoms with E-state index in [1.54, 1.807) is 0 Å². The van der Waals surface area contributed by atoms with Gasteiger partial charge in [-0.1, -0.05) is 23.2 Å². The highest BCUT2D eigenvalue weighted by Crippen LogP contribution is 2.28. The van der Waals surface area contributed by atoms with Crippen LogP contribution in [-0.2, 0) is 0 Å². The molecule has 0 aliphatic rings. The zero-order chi connectivity index (χ0) is 12.1. The average Bonchev–Trinajstić information content (AvgIpc) is 2.25. The number of nitrogens with two attached hydrogens (primary N) is 1. The Balaban J connectivity index is 2.76. The number of anilines is 1. The molecule has 1 aromatic rings. The van der Waals surface area contributed by atoms with Crippen molar-refractivity contribution in [3.63, 3.8) is 0 Å². The van der Waals surface area contributed by atoms with E-state index in [1.165, 1.54) is 12.1 Å². The number of hydrogen-bond acceptors (Lipinski definition) is 3. The van der Waals surface area contributed by atoms with Crippen LogP contribution in [0.25, 0.3) is 0 Å². The van der Waals surface area contributed by atoms with Crippen LogP contribution in [0.4, 0.5) is 5.69 Å². The van der Waals surface area contributed by atoms with Gasteiger partial charge in [0.2, 0.25) is 0 Å². The second kappa shape index (κ2) is 5.94. The van der Waals surface area contributed by atoms with Gasteiger partial charge >= 0.3 is 0 Å². The maximum Gasteiger partial charge on any atom is 0.251 e. The van der Waals surface area contributed by atoms with Crippen molar-refractivity contribution in [2.45, 2.75) is 6.42 Å². The van der Waals surface area contributed by atoms with Crippen LogP contribution in [-0.4, -0.2) is 24.2 Å². The molecule has 1 rings (SSSR count). The molecule has 0 aromatic heterocycles. The average molecular weight is 263 g/mol. The summed E-state index contributed by atoms with van der Waals surface area (Å²) in [4.78, 5) is 11.6. The first kappa shape index (κ1) is 13.1. The van der Waals surface area contributed by atoms with Crippen LogP contribution < -0.4 is 11.1 Å². The zero-order valence-corrected chi connectivity index (χ0v) is 9.98. The zero-order valence-electron chi connectivity index (χ0n) is 8.46. The van der Waals surface area contributed by atoms with Gasteiger partial charge in [-0.05, 0) is 18.6 Å². The molecule has 6 heteroatoms. The number of hydrogen-bond donors (Lipinski definition) is 3. The highest BCUT2D eigenvalue weighted by atomic mass is 35.5. The first-order valence-corrected chi connectivity index (χ1v) is 5.45. The molecule has 0 fully saturated rings. The standard InChI is InChI=1S/C10H12Cl2N2O2/c11-7-4-6(5-8(12)9(7)13)10(16)14-2-1-3-15/h4-5,15H,1-3,13H2,(H,14,16). The molecule has 0 saturated carbocycles. The molecule has 16 heavy (non-hydrogen) atoms. The summed E-state index contributed by atoms with van der Waals surface area (Å²) >= 11 is 11.6. The van der Waals surface area contributed by atoms with E-state index in [0.717, 1.165) is 0 Å². The third kappa shape index (κ3) is 3.27. The van der Waals surface area contributed by atoms with E-state index in [-0.39, 0.29) is 28.2 Å². The topological polar surface area (TPSA) is 75.4 Å². The minimum Gasteiger partial charge on any atom is -0.396 e. The summed E-state index contributed by atoms with van der Waals surface area (Å²) in [6.07, 6.45) is 0.502. The Bertz CT molecular complexity index is 373. The molecule has 0 aliphatic carbocycles. The lowest BCUT2D eigenvalue weighted by Crippen LogP contribution is -2.25. The summed E-state index contributed by atoms with van der Waals surface area (Å²) in [7, 11) is 0. The van der Waals surface area contributed by atoms with Gasteiger partial charge in [0.05, 0.1) is 15.7 Å². The molecule has 4 N–H and O–H groups in total. The number of benzene rings is 1. The van der Waals surface area contributed by atoms with E-state index < -0.39 is 0 Å². The third-order valence-corrected chi connectivity index (χ3v) is 2.59. The molecule has 0 atom stereocenters. The van der Waals surface area contributed by atoms with Crippen LogP contribution in [0.1, 0.15) is 16.8 Å². The summed E-state index contributed by atoms with van der Waals surface area (Å²) in [6, 6.07) is 2.91. The van der Waals surface area contributed by atoms with Crippen molar-refractivity contribution in [3.05, 3.63) is 27.7 Å². The van der Waals surface area contributed by atoms with E-state index in [1.807, 2.05) is 0 Å². The largest absolute Gasteiger partial charge is 0.396 e. The number of carbonyl (C=O) groups is 1. The van der Waals surface area contributed by atoms with E-state index in [0.29, 0.717) is 18.5 Å². The van der Waals surface area contributed by atoms with Crippen molar-refractivity contribution >= 4 is 34.8 Å². The Kier molecular flexibility index (Phi) is 4.86. The summed E-state index contributed by atoms with van der Waals surface area (Å²) in [5.41, 5.74) is 6.15. The van der Waals surface area contributed by atoms with E-state index in [4.69, 9.17) is 34.0 Å². The van der Waals surface area contributed by atoms with Gasteiger partial charge in [0.1, 0.15) is 0 Å². The third-order valence-electron chi connectivity index (χ3n) is 1.96. The summed E-state index contributed by atoms with van der Waals surface area (Å²) < 4.78 is 0. The number of halogens is 2. The number of nitrogens with one attached hydrogen (secondary N) is 1. The number of amides is 1. The lowest BCUT2D eigenvalue weighted by atomic mass is 10.2. The van der Waals surface area contributed by atoms with E-state index in [2.05, 4.69) is 5.32 Å². The Morgan fingerprint density at radius 1 is 1.38 bits per heavy atom. The van der Waals surface area contributed by atoms with Crippen molar-refractivity contribution in [2.24, 2.45) is 0 Å². The SMILES string of the molecule is Nc1c(Cl)cc(C(=O)NCCCO)cc1Cl. The monoisotopic (exact) mass is 262 g/mol. The van der Waals surface area contributed by atoms with Crippen molar-refractivity contribution in [1.29, 1.82) is 0 Å². The predicted molar refractivity (Wildman–Crippen MR) is 64.9 cm³/mol. The molecular formula is C10H12Cl2N2O2. The summed E-state index contributed by atoms with van der Waals surface area (Å²) in [5, 5.41) is 11.7. The number of nitrogen functional groups attached to an aromatic ring is 1. The quantitative estimate of drug-likeness (QED) is 0.571. The lowest BCUT2D eigenvalue weighted by Gasteiger charge is -2.07. The Morgan fingerprint density at radius 2 is 1.94 bits per heavy atom. The first-order chi connectivity index (χ1) is 7.56. The minimum atomic E-state index is -0.294. The second-order valence-corrected chi connectivity index (χ2v) is 4.00. The maximum absolute atomic E-state index is 11.6. The Morgan fingerprint density at radius 3 is 2.44 bits per heavy atom. The molecule has 0 bridgehead atoms. The smallest absolute Gasteiger partial charge is 0.251 e. The van der Waals surface area contributed by atoms with Gasteiger partial charge in [-0.2, -0.15) is 0 Å². The van der Waals surface area contributed by atoms with Crippen LogP contribution in [0.3, 0.4) is 0 Å². The van der Waals surface area contributed by atoms with Gasteiger partial charge in [0, 0.05) is 18.7 Å². The molecule has 0 saturated heterocycles. The van der Waals surface area contributed by atoms with Crippen molar-refractivity contribution in [1.82, 2.24) is 5.32 Å². The molecule has 1 amide bonds. The van der Waals surface area contributed by atoms with Crippen LogP contribution >= 0.6 is 23.2 Å². The van der Waals surface area contributed by atoms with E-state index in [9.17, 15) is 4.79 Å². The molecule has 0 spiro atoms. The molecule has 0 aliphatic heterocycles. The Labute approximate surface area is 103 Å². The molecule has 0 heterocycles. The molecule has 0 unspecified atom stereocenters. The normalized spacial score (nSPS) is 10.2. The number of rotatable bonds is 4. The number of aliphatic hydroxyl groups is 1. The fourth-order valence-electron chi connectivity index (χ4n) is 1.10. The summed E-state index contributed by atoms with van der Waals surface area (Å²) in [5.74, 6) is -0.294. The van der Waals surface area contributed by atoms with Crippen molar-refractivity contribution < 1.29 is 9.90 Å². The van der Waals surface area contributed by atoms with Gasteiger partial charge < -0.3 is 16.2 Å². The molecule has 0 radical (unpaired) electrons. The highest BCUT2D eigenvalue weighted by molar-refractivity contribution is 6.39. The second-order valence-electron chi connectivity index (χ2n) is 3.19. The van der Waals surface area contributed by atoms with Crippen molar-refractivity contribution in [2.75, 3.05) is 18.9 Å². The van der Waals surface area contributed by atoms with Crippen molar-refractivity contribution in [3.8, 4) is 0 Å². The highest BCUT2D eigenvalue weighted by Gasteiger charge is 2.10. The fourth-order valence-corrected chi connectivity index (χ4v) is 1.59. The van der Waals surface area contributed by atoms with Gasteiger partial charge in [-0.15, -0.1) is 0 Å². The minimum absolute atomic E-state index is 0.0313. The Hall–Kier alpha value is -0.970. The van der Waals surface area contributed by atoms with Crippen LogP contribution in [0, 0.1) is 0 Å². The molecule has 88 valence electrons. The molecule has 4 nitrogen and oxygen atoms in total. The predicted octanol–water partition coefficient (Wildman–Crippen LogP) is 1.69. The van der Waals surface area contributed by atoms with Gasteiger partial charge in [-0.3, -0.25) is 4.79 Å². The van der Waals surface area contributed by atoms with Crippen LogP contribution in [0.2, 0.25) is 10.0 Å². The van der Waals surface area contributed by atoms with Gasteiger partial charge in [0.25, 0.3) is 5.91 Å². The fraction of sp³-hybridized carbons (Fsp3) is 0.300. The van der Waals surface area contributed by atoms with Crippen LogP contribution in [0.15, 0.2) is 12.1 Å². The van der Waals surface area contributed by atoms with Gasteiger partial charge in [0.15, 0.2) is 0 Å². The number of aliphatic hydroxyl groups excluding tert-OH is 1. The maximum atomic E-state index is 11.6. The summed E-state index contributed by atoms with van der Waals surface area (Å²) in [6.45, 7) is 0.429.